The zero-order valence-corrected chi connectivity index (χ0v) is 25.1. The third-order valence-corrected chi connectivity index (χ3v) is 9.60. The number of anilines is 2. The van der Waals surface area contributed by atoms with E-state index in [0.717, 1.165) is 12.1 Å². The topological polar surface area (TPSA) is 93.0 Å². The molecule has 2 aromatic heterocycles. The molecule has 0 saturated heterocycles. The lowest BCUT2D eigenvalue weighted by molar-refractivity contribution is -0.121. The van der Waals surface area contributed by atoms with E-state index in [1.165, 1.54) is 27.2 Å². The van der Waals surface area contributed by atoms with Crippen LogP contribution in [0.15, 0.2) is 94.1 Å². The SMILES string of the molecule is CCOc1ccc2nc(N3C(=O)c4oc5ccc(F)cc5c(=O)c4C34C(=O)N(Cc3ccccc3Cl)c3ccccc34)sc2c1. The molecule has 1 spiro atoms. The first-order valence-electron chi connectivity index (χ1n) is 14.1. The summed E-state index contributed by atoms with van der Waals surface area (Å²) in [5, 5.41) is 0.566. The first-order valence-corrected chi connectivity index (χ1v) is 15.3. The van der Waals surface area contributed by atoms with Crippen LogP contribution in [0, 0.1) is 5.82 Å². The lowest BCUT2D eigenvalue weighted by atomic mass is 9.84. The second-order valence-corrected chi connectivity index (χ2v) is 12.1. The second kappa shape index (κ2) is 9.98. The summed E-state index contributed by atoms with van der Waals surface area (Å²) in [4.78, 5) is 51.5. The molecule has 11 heteroatoms. The van der Waals surface area contributed by atoms with Crippen LogP contribution < -0.4 is 20.0 Å². The Hall–Kier alpha value is -5.06. The van der Waals surface area contributed by atoms with Gasteiger partial charge in [0.15, 0.2) is 16.1 Å². The van der Waals surface area contributed by atoms with Gasteiger partial charge < -0.3 is 14.1 Å². The van der Waals surface area contributed by atoms with Crippen molar-refractivity contribution in [2.45, 2.75) is 19.0 Å². The van der Waals surface area contributed by atoms with Gasteiger partial charge in [0, 0.05) is 10.6 Å². The van der Waals surface area contributed by atoms with E-state index in [4.69, 9.17) is 25.7 Å². The number of para-hydroxylation sites is 1. The van der Waals surface area contributed by atoms with Gasteiger partial charge >= 0.3 is 0 Å². The van der Waals surface area contributed by atoms with Crippen molar-refractivity contribution in [3.05, 3.63) is 128 Å². The molecule has 6 aromatic rings. The highest BCUT2D eigenvalue weighted by molar-refractivity contribution is 7.22. The van der Waals surface area contributed by atoms with Crippen molar-refractivity contribution in [3.8, 4) is 5.75 Å². The van der Waals surface area contributed by atoms with E-state index in [2.05, 4.69) is 0 Å². The molecule has 8 rings (SSSR count). The molecule has 1 atom stereocenters. The van der Waals surface area contributed by atoms with Gasteiger partial charge in [0.2, 0.25) is 5.76 Å². The van der Waals surface area contributed by atoms with Gasteiger partial charge in [-0.05, 0) is 61.0 Å². The van der Waals surface area contributed by atoms with Gasteiger partial charge in [0.05, 0.1) is 40.0 Å². The highest BCUT2D eigenvalue weighted by atomic mass is 35.5. The van der Waals surface area contributed by atoms with Crippen molar-refractivity contribution >= 4 is 66.8 Å². The summed E-state index contributed by atoms with van der Waals surface area (Å²) in [5.74, 6) is -1.59. The number of carbonyl (C=O) groups excluding carboxylic acids is 2. The lowest BCUT2D eigenvalue weighted by Crippen LogP contribution is -2.53. The molecular weight excluding hydrogens is 617 g/mol. The van der Waals surface area contributed by atoms with Crippen LogP contribution in [0.25, 0.3) is 21.2 Å². The first kappa shape index (κ1) is 27.5. The predicted octanol–water partition coefficient (Wildman–Crippen LogP) is 7.04. The molecule has 0 aliphatic carbocycles. The van der Waals surface area contributed by atoms with E-state index < -0.39 is 28.6 Å². The molecule has 2 aliphatic heterocycles. The number of halogens is 2. The number of aromatic nitrogens is 1. The van der Waals surface area contributed by atoms with Crippen LogP contribution in [-0.2, 0) is 16.9 Å². The number of rotatable bonds is 5. The number of hydrogen-bond acceptors (Lipinski definition) is 7. The molecule has 2 aliphatic rings. The predicted molar refractivity (Wildman–Crippen MR) is 170 cm³/mol. The van der Waals surface area contributed by atoms with Crippen LogP contribution in [0.5, 0.6) is 5.75 Å². The monoisotopic (exact) mass is 637 g/mol. The van der Waals surface area contributed by atoms with Crippen molar-refractivity contribution in [1.82, 2.24) is 4.98 Å². The largest absolute Gasteiger partial charge is 0.494 e. The highest BCUT2D eigenvalue weighted by Gasteiger charge is 2.66. The molecule has 0 radical (unpaired) electrons. The van der Waals surface area contributed by atoms with E-state index >= 15 is 4.79 Å². The van der Waals surface area contributed by atoms with E-state index in [0.29, 0.717) is 44.4 Å². The summed E-state index contributed by atoms with van der Waals surface area (Å²) in [6, 6.07) is 23.0. The van der Waals surface area contributed by atoms with E-state index in [1.54, 1.807) is 48.5 Å². The molecule has 2 amide bonds. The molecule has 8 nitrogen and oxygen atoms in total. The molecule has 0 saturated carbocycles. The fraction of sp³-hybridized carbons (Fsp3) is 0.118. The maximum absolute atomic E-state index is 15.1. The zero-order chi connectivity index (χ0) is 31.0. The summed E-state index contributed by atoms with van der Waals surface area (Å²) >= 11 is 7.71. The highest BCUT2D eigenvalue weighted by Crippen LogP contribution is 2.55. The summed E-state index contributed by atoms with van der Waals surface area (Å²) in [7, 11) is 0. The lowest BCUT2D eigenvalue weighted by Gasteiger charge is -2.32. The minimum Gasteiger partial charge on any atom is -0.494 e. The van der Waals surface area contributed by atoms with Gasteiger partial charge in [0.1, 0.15) is 17.1 Å². The molecule has 4 aromatic carbocycles. The van der Waals surface area contributed by atoms with Crippen molar-refractivity contribution < 1.29 is 23.1 Å². The number of thiazole rings is 1. The minimum absolute atomic E-state index is 0.0304. The normalized spacial score (nSPS) is 17.1. The van der Waals surface area contributed by atoms with Crippen LogP contribution >= 0.6 is 22.9 Å². The Morgan fingerprint density at radius 3 is 2.62 bits per heavy atom. The van der Waals surface area contributed by atoms with E-state index in [-0.39, 0.29) is 34.0 Å². The van der Waals surface area contributed by atoms with Crippen LogP contribution in [-0.4, -0.2) is 23.4 Å². The Morgan fingerprint density at radius 2 is 1.80 bits per heavy atom. The van der Waals surface area contributed by atoms with Crippen molar-refractivity contribution in [2.24, 2.45) is 0 Å². The maximum Gasteiger partial charge on any atom is 0.297 e. The number of fused-ring (bicyclic) bond motifs is 6. The smallest absolute Gasteiger partial charge is 0.297 e. The molecule has 222 valence electrons. The van der Waals surface area contributed by atoms with Crippen LogP contribution in [0.4, 0.5) is 15.2 Å². The third kappa shape index (κ3) is 3.82. The van der Waals surface area contributed by atoms with Gasteiger partial charge in [-0.15, -0.1) is 0 Å². The van der Waals surface area contributed by atoms with Crippen LogP contribution in [0.3, 0.4) is 0 Å². The maximum atomic E-state index is 15.1. The Labute approximate surface area is 263 Å². The second-order valence-electron chi connectivity index (χ2n) is 10.7. The fourth-order valence-corrected chi connectivity index (χ4v) is 7.57. The molecule has 0 N–H and O–H groups in total. The molecular formula is C34H21ClFN3O5S. The van der Waals surface area contributed by atoms with Gasteiger partial charge in [-0.1, -0.05) is 59.3 Å². The molecule has 0 fully saturated rings. The van der Waals surface area contributed by atoms with Gasteiger partial charge in [-0.25, -0.2) is 9.37 Å². The van der Waals surface area contributed by atoms with Gasteiger partial charge in [0.25, 0.3) is 11.8 Å². The zero-order valence-electron chi connectivity index (χ0n) is 23.5. The number of ether oxygens (including phenoxy) is 1. The Balaban J connectivity index is 1.43. The van der Waals surface area contributed by atoms with E-state index in [1.807, 2.05) is 25.1 Å². The van der Waals surface area contributed by atoms with Crippen LogP contribution in [0.2, 0.25) is 5.02 Å². The number of nitrogens with zero attached hydrogens (tertiary/aromatic N) is 3. The number of hydrogen-bond donors (Lipinski definition) is 0. The Bertz CT molecular complexity index is 2300. The van der Waals surface area contributed by atoms with Crippen molar-refractivity contribution in [1.29, 1.82) is 0 Å². The average molecular weight is 638 g/mol. The standard InChI is InChI=1S/C34H21ClFN3O5S/c1-2-43-20-12-13-24-27(16-20)45-33(37-24)39-31(41)30-28(29(40)21-15-19(36)11-14-26(21)44-30)34(39)22-8-4-6-10-25(22)38(32(34)42)17-18-7-3-5-9-23(18)35/h3-16H,2,17H2,1H3. The van der Waals surface area contributed by atoms with Crippen molar-refractivity contribution in [2.75, 3.05) is 16.4 Å². The summed E-state index contributed by atoms with van der Waals surface area (Å²) in [6.45, 7) is 2.41. The van der Waals surface area contributed by atoms with E-state index in [9.17, 15) is 14.0 Å². The van der Waals surface area contributed by atoms with Gasteiger partial charge in [-0.2, -0.15) is 0 Å². The Morgan fingerprint density at radius 1 is 1.00 bits per heavy atom. The first-order chi connectivity index (χ1) is 21.8. The summed E-state index contributed by atoms with van der Waals surface area (Å²) < 4.78 is 26.9. The quantitative estimate of drug-likeness (QED) is 0.201. The van der Waals surface area contributed by atoms with Crippen LogP contribution in [0.1, 0.15) is 34.2 Å². The molecule has 4 heterocycles. The van der Waals surface area contributed by atoms with Gasteiger partial charge in [-0.3, -0.25) is 19.3 Å². The number of amides is 2. The molecule has 0 bridgehead atoms. The molecule has 45 heavy (non-hydrogen) atoms. The summed E-state index contributed by atoms with van der Waals surface area (Å²) in [6.07, 6.45) is 0. The summed E-state index contributed by atoms with van der Waals surface area (Å²) in [5.41, 5.74) is -0.673. The minimum atomic E-state index is -1.98. The number of benzene rings is 4. The fourth-order valence-electron chi connectivity index (χ4n) is 6.33. The molecule has 1 unspecified atom stereocenters. The third-order valence-electron chi connectivity index (χ3n) is 8.22. The average Bonchev–Trinajstić information content (AvgIpc) is 3.64. The Kier molecular flexibility index (Phi) is 6.10. The van der Waals surface area contributed by atoms with Crippen molar-refractivity contribution in [3.63, 3.8) is 0 Å². The number of carbonyl (C=O) groups is 2.